The number of hydrogen-bond acceptors (Lipinski definition) is 9. The summed E-state index contributed by atoms with van der Waals surface area (Å²) in [5.74, 6) is 0.431. The first-order valence-corrected chi connectivity index (χ1v) is 8.42. The van der Waals surface area contributed by atoms with Crippen molar-refractivity contribution < 1.29 is 8.42 Å². The van der Waals surface area contributed by atoms with Crippen molar-refractivity contribution in [2.45, 2.75) is 24.6 Å². The lowest BCUT2D eigenvalue weighted by atomic mass is 10.1. The molecule has 11 heteroatoms. The highest BCUT2D eigenvalue weighted by molar-refractivity contribution is 7.94. The van der Waals surface area contributed by atoms with Crippen LogP contribution in [0.5, 0.6) is 0 Å². The maximum atomic E-state index is 11.9. The summed E-state index contributed by atoms with van der Waals surface area (Å²) in [4.78, 5) is 0. The predicted molar refractivity (Wildman–Crippen MR) is 73.6 cm³/mol. The van der Waals surface area contributed by atoms with E-state index in [1.165, 1.54) is 11.3 Å². The minimum absolute atomic E-state index is 0.0955. The van der Waals surface area contributed by atoms with E-state index >= 15 is 0 Å². The van der Waals surface area contributed by atoms with Gasteiger partial charge in [-0.25, -0.2) is 0 Å². The van der Waals surface area contributed by atoms with Gasteiger partial charge in [-0.2, -0.15) is 8.42 Å². The third-order valence-corrected chi connectivity index (χ3v) is 5.37. The van der Waals surface area contributed by atoms with Crippen molar-refractivity contribution in [1.82, 2.24) is 20.4 Å². The molecule has 2 aromatic heterocycles. The van der Waals surface area contributed by atoms with Crippen LogP contribution in [0.3, 0.4) is 0 Å². The van der Waals surface area contributed by atoms with Gasteiger partial charge in [0.15, 0.2) is 0 Å². The van der Waals surface area contributed by atoms with Crippen molar-refractivity contribution in [2.75, 3.05) is 10.5 Å². The third-order valence-electron chi connectivity index (χ3n) is 1.92. The number of aromatic nitrogens is 4. The first-order valence-electron chi connectivity index (χ1n) is 5.31. The van der Waals surface area contributed by atoms with Crippen LogP contribution >= 0.6 is 22.7 Å². The molecule has 2 aromatic rings. The van der Waals surface area contributed by atoms with Gasteiger partial charge in [0.25, 0.3) is 14.4 Å². The van der Waals surface area contributed by atoms with Gasteiger partial charge < -0.3 is 5.73 Å². The number of nitrogens with zero attached hydrogens (tertiary/aromatic N) is 4. The summed E-state index contributed by atoms with van der Waals surface area (Å²) >= 11 is 2.00. The molecule has 8 nitrogen and oxygen atoms in total. The Morgan fingerprint density at radius 3 is 2.53 bits per heavy atom. The second kappa shape index (κ2) is 5.35. The summed E-state index contributed by atoms with van der Waals surface area (Å²) in [6.07, 6.45) is 0.755. The number of anilines is 2. The maximum Gasteiger partial charge on any atom is 0.293 e. The Hall–Kier alpha value is -1.33. The van der Waals surface area contributed by atoms with Gasteiger partial charge in [0.2, 0.25) is 10.3 Å². The molecule has 3 N–H and O–H groups in total. The SMILES string of the molecule is CC(C)Cc1nnc(NS(=O)(=O)c2nnc(N)s2)s1. The van der Waals surface area contributed by atoms with Gasteiger partial charge in [-0.3, -0.25) is 4.72 Å². The van der Waals surface area contributed by atoms with E-state index < -0.39 is 10.0 Å². The van der Waals surface area contributed by atoms with E-state index in [1.807, 2.05) is 0 Å². The molecule has 0 aliphatic heterocycles. The van der Waals surface area contributed by atoms with Gasteiger partial charge in [-0.05, 0) is 5.92 Å². The summed E-state index contributed by atoms with van der Waals surface area (Å²) in [6.45, 7) is 4.10. The fourth-order valence-electron chi connectivity index (χ4n) is 1.21. The molecular weight excluding hydrogens is 308 g/mol. The second-order valence-electron chi connectivity index (χ2n) is 4.11. The Bertz CT molecular complexity index is 662. The molecule has 0 bridgehead atoms. The topological polar surface area (TPSA) is 124 Å². The maximum absolute atomic E-state index is 11.9. The number of hydrogen-bond donors (Lipinski definition) is 2. The number of nitrogens with one attached hydrogen (secondary N) is 1. The first kappa shape index (κ1) is 14.1. The van der Waals surface area contributed by atoms with E-state index in [1.54, 1.807) is 0 Å². The zero-order valence-corrected chi connectivity index (χ0v) is 12.6. The highest BCUT2D eigenvalue weighted by atomic mass is 32.2. The molecular formula is C8H12N6O2S3. The van der Waals surface area contributed by atoms with E-state index in [0.29, 0.717) is 5.92 Å². The Morgan fingerprint density at radius 1 is 1.21 bits per heavy atom. The highest BCUT2D eigenvalue weighted by Gasteiger charge is 2.21. The van der Waals surface area contributed by atoms with Crippen molar-refractivity contribution in [1.29, 1.82) is 0 Å². The zero-order chi connectivity index (χ0) is 14.0. The number of sulfonamides is 1. The number of nitrogens with two attached hydrogens (primary N) is 1. The van der Waals surface area contributed by atoms with Gasteiger partial charge >= 0.3 is 0 Å². The van der Waals surface area contributed by atoms with Crippen molar-refractivity contribution in [3.05, 3.63) is 5.01 Å². The molecule has 0 spiro atoms. The van der Waals surface area contributed by atoms with E-state index in [0.717, 1.165) is 22.8 Å². The summed E-state index contributed by atoms with van der Waals surface area (Å²) < 4.78 is 26.0. The monoisotopic (exact) mass is 320 g/mol. The standard InChI is InChI=1S/C8H12N6O2S3/c1-4(2)3-5-10-12-7(17-5)14-19(15,16)8-13-11-6(9)18-8/h4H,3H2,1-2H3,(H2,9,11)(H,12,14). The van der Waals surface area contributed by atoms with E-state index in [9.17, 15) is 8.42 Å². The van der Waals surface area contributed by atoms with Crippen molar-refractivity contribution in [2.24, 2.45) is 5.92 Å². The predicted octanol–water partition coefficient (Wildman–Crippen LogP) is 0.971. The summed E-state index contributed by atoms with van der Waals surface area (Å²) in [5.41, 5.74) is 5.35. The molecule has 0 atom stereocenters. The molecule has 0 radical (unpaired) electrons. The molecule has 0 unspecified atom stereocenters. The van der Waals surface area contributed by atoms with Crippen LogP contribution in [0.25, 0.3) is 0 Å². The Kier molecular flexibility index (Phi) is 3.96. The van der Waals surface area contributed by atoms with Gasteiger partial charge in [0.05, 0.1) is 0 Å². The van der Waals surface area contributed by atoms with Gasteiger partial charge in [-0.15, -0.1) is 20.4 Å². The van der Waals surface area contributed by atoms with Crippen molar-refractivity contribution in [3.63, 3.8) is 0 Å². The van der Waals surface area contributed by atoms with Crippen LogP contribution in [0.4, 0.5) is 10.3 Å². The van der Waals surface area contributed by atoms with Crippen molar-refractivity contribution >= 4 is 43.0 Å². The minimum Gasteiger partial charge on any atom is -0.374 e. The molecule has 0 saturated carbocycles. The average Bonchev–Trinajstić information content (AvgIpc) is 2.87. The summed E-state index contributed by atoms with van der Waals surface area (Å²) in [6, 6.07) is 0. The van der Waals surface area contributed by atoms with Crippen LogP contribution < -0.4 is 10.5 Å². The quantitative estimate of drug-likeness (QED) is 0.841. The molecule has 0 amide bonds. The van der Waals surface area contributed by atoms with Crippen LogP contribution in [0.15, 0.2) is 4.34 Å². The fraction of sp³-hybridized carbons (Fsp3) is 0.500. The van der Waals surface area contributed by atoms with Crippen LogP contribution in [0.2, 0.25) is 0 Å². The lowest BCUT2D eigenvalue weighted by Gasteiger charge is -1.99. The van der Waals surface area contributed by atoms with E-state index in [-0.39, 0.29) is 14.6 Å². The van der Waals surface area contributed by atoms with Gasteiger partial charge in [0.1, 0.15) is 5.01 Å². The lowest BCUT2D eigenvalue weighted by molar-refractivity contribution is 0.599. The molecule has 0 fully saturated rings. The zero-order valence-electron chi connectivity index (χ0n) is 10.2. The van der Waals surface area contributed by atoms with E-state index in [2.05, 4.69) is 39.0 Å². The highest BCUT2D eigenvalue weighted by Crippen LogP contribution is 2.23. The molecule has 0 aliphatic carbocycles. The first-order chi connectivity index (χ1) is 8.87. The Labute approximate surface area is 118 Å². The molecule has 0 aliphatic rings. The number of rotatable bonds is 5. The lowest BCUT2D eigenvalue weighted by Crippen LogP contribution is -2.12. The van der Waals surface area contributed by atoms with Crippen LogP contribution in [0, 0.1) is 5.92 Å². The smallest absolute Gasteiger partial charge is 0.293 e. The Balaban J connectivity index is 2.14. The Morgan fingerprint density at radius 2 is 1.95 bits per heavy atom. The molecule has 104 valence electrons. The largest absolute Gasteiger partial charge is 0.374 e. The molecule has 2 rings (SSSR count). The van der Waals surface area contributed by atoms with Crippen LogP contribution in [-0.4, -0.2) is 28.8 Å². The van der Waals surface area contributed by atoms with Gasteiger partial charge in [-0.1, -0.05) is 36.5 Å². The average molecular weight is 320 g/mol. The second-order valence-corrected chi connectivity index (χ2v) is 8.04. The van der Waals surface area contributed by atoms with Crippen LogP contribution in [-0.2, 0) is 16.4 Å². The van der Waals surface area contributed by atoms with Crippen LogP contribution in [0.1, 0.15) is 18.9 Å². The van der Waals surface area contributed by atoms with E-state index in [4.69, 9.17) is 5.73 Å². The molecule has 2 heterocycles. The number of nitrogen functional groups attached to an aromatic ring is 1. The van der Waals surface area contributed by atoms with Crippen molar-refractivity contribution in [3.8, 4) is 0 Å². The molecule has 19 heavy (non-hydrogen) atoms. The van der Waals surface area contributed by atoms with Gasteiger partial charge in [0, 0.05) is 6.42 Å². The normalized spacial score (nSPS) is 11.9. The summed E-state index contributed by atoms with van der Waals surface area (Å²) in [5, 5.41) is 15.8. The molecule has 0 aromatic carbocycles. The molecule has 0 saturated heterocycles. The third kappa shape index (κ3) is 3.58. The fourth-order valence-corrected chi connectivity index (χ4v) is 4.18. The minimum atomic E-state index is -3.78. The summed E-state index contributed by atoms with van der Waals surface area (Å²) in [7, 11) is -3.78.